The number of nitrogens with zero attached hydrogens (tertiary/aromatic N) is 5. The number of halogens is 3. The predicted molar refractivity (Wildman–Crippen MR) is 126 cm³/mol. The van der Waals surface area contributed by atoms with Crippen molar-refractivity contribution in [2.75, 3.05) is 7.05 Å². The van der Waals surface area contributed by atoms with Crippen molar-refractivity contribution >= 4 is 53.1 Å². The molecule has 2 aromatic rings. The second-order valence-corrected chi connectivity index (χ2v) is 7.91. The molecule has 9 heteroatoms. The number of aryl methyl sites for hydroxylation is 1. The molecule has 1 N–H and O–H groups in total. The summed E-state index contributed by atoms with van der Waals surface area (Å²) >= 11 is 12.2. The normalized spacial score (nSPS) is 14.8. The molecule has 1 aliphatic rings. The smallest absolute Gasteiger partial charge is 0.194 e. The summed E-state index contributed by atoms with van der Waals surface area (Å²) in [7, 11) is 3.99. The second-order valence-electron chi connectivity index (χ2n) is 7.09. The van der Waals surface area contributed by atoms with Crippen LogP contribution in [0.3, 0.4) is 0 Å². The van der Waals surface area contributed by atoms with Gasteiger partial charge in [-0.1, -0.05) is 42.1 Å². The lowest BCUT2D eigenvalue weighted by atomic mass is 10.2. The van der Waals surface area contributed by atoms with E-state index in [0.29, 0.717) is 29.2 Å². The molecule has 3 rings (SSSR count). The standard InChI is InChI=1S/C19H26Cl2N6.HI/c1-13-24-25-18(27(13)3)11-22-19(23-15-6-4-5-7-15)26(2)12-14-8-9-16(20)17(21)10-14;/h8-10,15H,4-7,11-12H2,1-3H3,(H,22,23);1H. The number of rotatable bonds is 5. The minimum Gasteiger partial charge on any atom is -0.353 e. The van der Waals surface area contributed by atoms with Crippen LogP contribution in [-0.4, -0.2) is 38.7 Å². The maximum atomic E-state index is 6.16. The summed E-state index contributed by atoms with van der Waals surface area (Å²) in [5.74, 6) is 2.60. The number of aromatic nitrogens is 3. The van der Waals surface area contributed by atoms with E-state index in [1.807, 2.05) is 43.8 Å². The van der Waals surface area contributed by atoms with Crippen LogP contribution in [0.4, 0.5) is 0 Å². The summed E-state index contributed by atoms with van der Waals surface area (Å²) in [6.07, 6.45) is 4.90. The molecule has 6 nitrogen and oxygen atoms in total. The highest BCUT2D eigenvalue weighted by molar-refractivity contribution is 14.0. The van der Waals surface area contributed by atoms with Gasteiger partial charge in [0.05, 0.1) is 10.0 Å². The van der Waals surface area contributed by atoms with Crippen molar-refractivity contribution in [3.63, 3.8) is 0 Å². The van der Waals surface area contributed by atoms with Crippen LogP contribution >= 0.6 is 47.2 Å². The molecule has 0 bridgehead atoms. The van der Waals surface area contributed by atoms with Gasteiger partial charge in [-0.25, -0.2) is 4.99 Å². The molecule has 1 heterocycles. The van der Waals surface area contributed by atoms with Gasteiger partial charge in [0, 0.05) is 26.7 Å². The van der Waals surface area contributed by atoms with Crippen molar-refractivity contribution in [1.29, 1.82) is 0 Å². The maximum Gasteiger partial charge on any atom is 0.194 e. The third-order valence-electron chi connectivity index (χ3n) is 5.01. The molecule has 0 amide bonds. The molecule has 0 radical (unpaired) electrons. The van der Waals surface area contributed by atoms with Gasteiger partial charge < -0.3 is 14.8 Å². The van der Waals surface area contributed by atoms with Gasteiger partial charge >= 0.3 is 0 Å². The summed E-state index contributed by atoms with van der Waals surface area (Å²) in [4.78, 5) is 6.93. The fourth-order valence-electron chi connectivity index (χ4n) is 3.25. The van der Waals surface area contributed by atoms with Crippen LogP contribution in [0, 0.1) is 6.92 Å². The molecule has 0 saturated heterocycles. The number of nitrogens with one attached hydrogen (secondary N) is 1. The molecule has 1 fully saturated rings. The number of hydrogen-bond donors (Lipinski definition) is 1. The molecule has 0 spiro atoms. The summed E-state index contributed by atoms with van der Waals surface area (Å²) in [5.41, 5.74) is 1.09. The highest BCUT2D eigenvalue weighted by Crippen LogP contribution is 2.23. The zero-order chi connectivity index (χ0) is 19.4. The van der Waals surface area contributed by atoms with Crippen molar-refractivity contribution < 1.29 is 0 Å². The summed E-state index contributed by atoms with van der Waals surface area (Å²) in [6, 6.07) is 6.20. The zero-order valence-electron chi connectivity index (χ0n) is 16.5. The van der Waals surface area contributed by atoms with Crippen LogP contribution in [0.5, 0.6) is 0 Å². The van der Waals surface area contributed by atoms with E-state index in [-0.39, 0.29) is 24.0 Å². The Bertz CT molecular complexity index is 817. The average molecular weight is 537 g/mol. The summed E-state index contributed by atoms with van der Waals surface area (Å²) in [5, 5.41) is 13.1. The van der Waals surface area contributed by atoms with Gasteiger partial charge in [0.25, 0.3) is 0 Å². The predicted octanol–water partition coefficient (Wildman–Crippen LogP) is 4.57. The van der Waals surface area contributed by atoms with Crippen molar-refractivity contribution in [1.82, 2.24) is 25.0 Å². The fraction of sp³-hybridized carbons (Fsp3) is 0.526. The van der Waals surface area contributed by atoms with Gasteiger partial charge in [-0.05, 0) is 37.5 Å². The van der Waals surface area contributed by atoms with Crippen molar-refractivity contribution in [2.24, 2.45) is 12.0 Å². The highest BCUT2D eigenvalue weighted by atomic mass is 127. The van der Waals surface area contributed by atoms with Crippen LogP contribution in [0.1, 0.15) is 42.9 Å². The first-order valence-electron chi connectivity index (χ1n) is 9.25. The van der Waals surface area contributed by atoms with E-state index < -0.39 is 0 Å². The third-order valence-corrected chi connectivity index (χ3v) is 5.75. The van der Waals surface area contributed by atoms with E-state index in [9.17, 15) is 0 Å². The Labute approximate surface area is 193 Å². The van der Waals surface area contributed by atoms with Gasteiger partial charge in [-0.2, -0.15) is 0 Å². The summed E-state index contributed by atoms with van der Waals surface area (Å²) in [6.45, 7) is 3.11. The molecule has 1 aromatic carbocycles. The molecule has 0 aliphatic heterocycles. The monoisotopic (exact) mass is 536 g/mol. The average Bonchev–Trinajstić information content (AvgIpc) is 3.26. The van der Waals surface area contributed by atoms with E-state index in [1.54, 1.807) is 0 Å². The minimum atomic E-state index is 0. The Balaban J connectivity index is 0.00000280. The highest BCUT2D eigenvalue weighted by Gasteiger charge is 2.19. The molecule has 0 atom stereocenters. The molecule has 1 aliphatic carbocycles. The zero-order valence-corrected chi connectivity index (χ0v) is 20.3. The van der Waals surface area contributed by atoms with E-state index in [4.69, 9.17) is 28.2 Å². The molecular formula is C19H27Cl2IN6. The number of aliphatic imine (C=N–C) groups is 1. The Morgan fingerprint density at radius 2 is 1.96 bits per heavy atom. The van der Waals surface area contributed by atoms with E-state index in [0.717, 1.165) is 23.2 Å². The molecule has 1 saturated carbocycles. The minimum absolute atomic E-state index is 0. The lowest BCUT2D eigenvalue weighted by molar-refractivity contribution is 0.456. The second kappa shape index (κ2) is 10.6. The first-order chi connectivity index (χ1) is 12.9. The van der Waals surface area contributed by atoms with Crippen LogP contribution in [0.25, 0.3) is 0 Å². The van der Waals surface area contributed by atoms with Gasteiger partial charge in [0.15, 0.2) is 11.8 Å². The van der Waals surface area contributed by atoms with Crippen molar-refractivity contribution in [2.45, 2.75) is 51.7 Å². The SMILES string of the molecule is Cc1nnc(CN=C(NC2CCCC2)N(C)Cc2ccc(Cl)c(Cl)c2)n1C.I. The van der Waals surface area contributed by atoms with E-state index in [2.05, 4.69) is 20.4 Å². The molecule has 154 valence electrons. The Morgan fingerprint density at radius 1 is 1.25 bits per heavy atom. The number of benzene rings is 1. The molecule has 0 unspecified atom stereocenters. The van der Waals surface area contributed by atoms with E-state index >= 15 is 0 Å². The lowest BCUT2D eigenvalue weighted by Crippen LogP contribution is -2.43. The Kier molecular flexibility index (Phi) is 8.82. The maximum absolute atomic E-state index is 6.16. The molecule has 1 aromatic heterocycles. The van der Waals surface area contributed by atoms with Gasteiger partial charge in [0.2, 0.25) is 0 Å². The van der Waals surface area contributed by atoms with Gasteiger partial charge in [-0.15, -0.1) is 34.2 Å². The van der Waals surface area contributed by atoms with Crippen LogP contribution < -0.4 is 5.32 Å². The van der Waals surface area contributed by atoms with E-state index in [1.165, 1.54) is 25.7 Å². The summed E-state index contributed by atoms with van der Waals surface area (Å²) < 4.78 is 1.97. The largest absolute Gasteiger partial charge is 0.353 e. The Morgan fingerprint density at radius 3 is 2.57 bits per heavy atom. The molecular weight excluding hydrogens is 510 g/mol. The van der Waals surface area contributed by atoms with Crippen molar-refractivity contribution in [3.8, 4) is 0 Å². The number of hydrogen-bond acceptors (Lipinski definition) is 3. The third kappa shape index (κ3) is 5.97. The lowest BCUT2D eigenvalue weighted by Gasteiger charge is -2.25. The number of guanidine groups is 1. The first kappa shape index (κ1) is 23.2. The van der Waals surface area contributed by atoms with Crippen molar-refractivity contribution in [3.05, 3.63) is 45.5 Å². The Hall–Kier alpha value is -1.06. The van der Waals surface area contributed by atoms with Crippen LogP contribution in [-0.2, 0) is 20.1 Å². The van der Waals surface area contributed by atoms with Gasteiger partial charge in [0.1, 0.15) is 12.4 Å². The quantitative estimate of drug-likeness (QED) is 0.345. The first-order valence-corrected chi connectivity index (χ1v) is 10.0. The molecule has 28 heavy (non-hydrogen) atoms. The fourth-order valence-corrected chi connectivity index (χ4v) is 3.57. The van der Waals surface area contributed by atoms with Gasteiger partial charge in [-0.3, -0.25) is 0 Å². The topological polar surface area (TPSA) is 58.3 Å². The van der Waals surface area contributed by atoms with Crippen LogP contribution in [0.15, 0.2) is 23.2 Å². The van der Waals surface area contributed by atoms with Crippen LogP contribution in [0.2, 0.25) is 10.0 Å².